The maximum absolute atomic E-state index is 12.1. The number of imide groups is 1. The summed E-state index contributed by atoms with van der Waals surface area (Å²) in [5, 5.41) is 6.98. The zero-order valence-corrected chi connectivity index (χ0v) is 16.9. The number of hydrogen-bond acceptors (Lipinski definition) is 5. The highest BCUT2D eigenvalue weighted by Gasteiger charge is 2.16. The van der Waals surface area contributed by atoms with Crippen LogP contribution in [0.5, 0.6) is 11.5 Å². The number of hydrogen-bond donors (Lipinski definition) is 3. The molecule has 146 valence electrons. The van der Waals surface area contributed by atoms with Gasteiger partial charge in [0.1, 0.15) is 6.54 Å². The molecule has 1 unspecified atom stereocenters. The predicted molar refractivity (Wildman–Crippen MR) is 104 cm³/mol. The van der Waals surface area contributed by atoms with E-state index in [0.29, 0.717) is 24.6 Å². The molecule has 0 aliphatic heterocycles. The average molecular weight is 393 g/mol. The number of benzene rings is 1. The molecule has 0 spiro atoms. The lowest BCUT2D eigenvalue weighted by molar-refractivity contribution is -0.885. The van der Waals surface area contributed by atoms with Crippen molar-refractivity contribution >= 4 is 23.3 Å². The van der Waals surface area contributed by atoms with Crippen molar-refractivity contribution in [1.82, 2.24) is 10.6 Å². The molecule has 0 aliphatic rings. The minimum atomic E-state index is -0.483. The Kier molecular flexibility index (Phi) is 7.63. The third kappa shape index (κ3) is 6.26. The van der Waals surface area contributed by atoms with Gasteiger partial charge in [0.15, 0.2) is 18.0 Å². The van der Waals surface area contributed by atoms with E-state index in [0.717, 1.165) is 20.9 Å². The topological polar surface area (TPSA) is 81.1 Å². The fourth-order valence-corrected chi connectivity index (χ4v) is 3.32. The van der Waals surface area contributed by atoms with Crippen LogP contribution in [0.1, 0.15) is 16.0 Å². The number of methoxy groups -OCH3 is 2. The molecule has 3 amide bonds. The van der Waals surface area contributed by atoms with Gasteiger partial charge in [-0.15, -0.1) is 11.3 Å². The fraction of sp³-hybridized carbons (Fsp3) is 0.368. The molecule has 0 saturated heterocycles. The molecule has 1 aromatic heterocycles. The first-order valence-electron chi connectivity index (χ1n) is 8.55. The maximum atomic E-state index is 12.1. The highest BCUT2D eigenvalue weighted by molar-refractivity contribution is 7.09. The van der Waals surface area contributed by atoms with E-state index >= 15 is 0 Å². The standard InChI is InChI=1S/C19H25N3O4S/c1-13-8-16(25-3)17(26-4)9-14(13)11-22(2)12-18(23)21-19(24)20-10-15-6-5-7-27-15/h5-9H,10-12H2,1-4H3,(H2,20,21,23,24)/p+1. The van der Waals surface area contributed by atoms with E-state index in [1.54, 1.807) is 25.6 Å². The lowest BCUT2D eigenvalue weighted by atomic mass is 10.1. The van der Waals surface area contributed by atoms with Crippen LogP contribution < -0.4 is 25.0 Å². The van der Waals surface area contributed by atoms with Crippen LogP contribution in [0.2, 0.25) is 0 Å². The number of quaternary nitrogens is 1. The number of carbonyl (C=O) groups excluding carboxylic acids is 2. The van der Waals surface area contributed by atoms with Crippen LogP contribution in [-0.2, 0) is 17.9 Å². The van der Waals surface area contributed by atoms with Crippen LogP contribution in [0, 0.1) is 6.92 Å². The van der Waals surface area contributed by atoms with Crippen molar-refractivity contribution in [3.05, 3.63) is 45.6 Å². The molecule has 27 heavy (non-hydrogen) atoms. The van der Waals surface area contributed by atoms with E-state index in [-0.39, 0.29) is 12.5 Å². The molecule has 8 heteroatoms. The molecule has 0 saturated carbocycles. The number of urea groups is 1. The van der Waals surface area contributed by atoms with Gasteiger partial charge in [-0.1, -0.05) is 6.07 Å². The molecule has 2 aromatic rings. The second-order valence-corrected chi connectivity index (χ2v) is 7.29. The molecule has 0 fully saturated rings. The van der Waals surface area contributed by atoms with E-state index in [4.69, 9.17) is 9.47 Å². The molecule has 1 aromatic carbocycles. The zero-order chi connectivity index (χ0) is 19.8. The van der Waals surface area contributed by atoms with Gasteiger partial charge in [0, 0.05) is 10.4 Å². The van der Waals surface area contributed by atoms with E-state index in [9.17, 15) is 9.59 Å². The smallest absolute Gasteiger partial charge is 0.321 e. The summed E-state index contributed by atoms with van der Waals surface area (Å²) in [6, 6.07) is 7.20. The van der Waals surface area contributed by atoms with Crippen molar-refractivity contribution in [3.63, 3.8) is 0 Å². The van der Waals surface area contributed by atoms with Crippen molar-refractivity contribution in [1.29, 1.82) is 0 Å². The number of rotatable bonds is 8. The lowest BCUT2D eigenvalue weighted by Crippen LogP contribution is -3.09. The molecule has 0 aliphatic carbocycles. The first-order chi connectivity index (χ1) is 12.9. The molecule has 0 bridgehead atoms. The Hall–Kier alpha value is -2.58. The van der Waals surface area contributed by atoms with Crippen molar-refractivity contribution in [2.45, 2.75) is 20.0 Å². The Balaban J connectivity index is 1.84. The van der Waals surface area contributed by atoms with Gasteiger partial charge < -0.3 is 19.7 Å². The molecule has 7 nitrogen and oxygen atoms in total. The number of ether oxygens (including phenoxy) is 2. The number of thiophene rings is 1. The predicted octanol–water partition coefficient (Wildman–Crippen LogP) is 1.11. The van der Waals surface area contributed by atoms with Crippen molar-refractivity contribution in [2.75, 3.05) is 27.8 Å². The second kappa shape index (κ2) is 9.94. The Morgan fingerprint density at radius 3 is 2.52 bits per heavy atom. The quantitative estimate of drug-likeness (QED) is 0.629. The van der Waals surface area contributed by atoms with Gasteiger partial charge in [-0.2, -0.15) is 0 Å². The molecule has 0 radical (unpaired) electrons. The van der Waals surface area contributed by atoms with E-state index in [1.165, 1.54) is 0 Å². The summed E-state index contributed by atoms with van der Waals surface area (Å²) >= 11 is 1.55. The van der Waals surface area contributed by atoms with E-state index in [2.05, 4.69) is 10.6 Å². The molecule has 3 N–H and O–H groups in total. The van der Waals surface area contributed by atoms with Gasteiger partial charge in [-0.3, -0.25) is 10.1 Å². The summed E-state index contributed by atoms with van der Waals surface area (Å²) in [7, 11) is 5.09. The number of aryl methyl sites for hydroxylation is 1. The molecule has 2 rings (SSSR count). The van der Waals surface area contributed by atoms with Crippen LogP contribution in [0.3, 0.4) is 0 Å². The molecular weight excluding hydrogens is 366 g/mol. The van der Waals surface area contributed by atoms with E-state index < -0.39 is 6.03 Å². The first kappa shape index (κ1) is 20.7. The fourth-order valence-electron chi connectivity index (χ4n) is 2.67. The summed E-state index contributed by atoms with van der Waals surface area (Å²) < 4.78 is 10.6. The Morgan fingerprint density at radius 2 is 1.89 bits per heavy atom. The number of nitrogens with one attached hydrogen (secondary N) is 3. The Bertz CT molecular complexity index is 778. The Labute approximate surface area is 163 Å². The van der Waals surface area contributed by atoms with Crippen LogP contribution in [0.15, 0.2) is 29.6 Å². The average Bonchev–Trinajstić information content (AvgIpc) is 3.14. The summed E-state index contributed by atoms with van der Waals surface area (Å²) in [6.45, 7) is 3.20. The van der Waals surface area contributed by atoms with Gasteiger partial charge in [0.05, 0.1) is 27.8 Å². The maximum Gasteiger partial charge on any atom is 0.321 e. The van der Waals surface area contributed by atoms with Crippen molar-refractivity contribution < 1.29 is 24.0 Å². The second-order valence-electron chi connectivity index (χ2n) is 6.25. The summed E-state index contributed by atoms with van der Waals surface area (Å²) in [5.74, 6) is 1.01. The minimum Gasteiger partial charge on any atom is -0.493 e. The first-order valence-corrected chi connectivity index (χ1v) is 9.43. The summed E-state index contributed by atoms with van der Waals surface area (Å²) in [6.07, 6.45) is 0. The third-order valence-corrected chi connectivity index (χ3v) is 4.93. The van der Waals surface area contributed by atoms with Crippen LogP contribution in [0.25, 0.3) is 0 Å². The van der Waals surface area contributed by atoms with Crippen molar-refractivity contribution in [3.8, 4) is 11.5 Å². The normalized spacial score (nSPS) is 11.6. The van der Waals surface area contributed by atoms with Crippen LogP contribution >= 0.6 is 11.3 Å². The minimum absolute atomic E-state index is 0.181. The van der Waals surface area contributed by atoms with Gasteiger partial charge in [0.25, 0.3) is 5.91 Å². The highest BCUT2D eigenvalue weighted by Crippen LogP contribution is 2.29. The molecular formula is C19H26N3O4S+. The van der Waals surface area contributed by atoms with Gasteiger partial charge in [-0.25, -0.2) is 4.79 Å². The Morgan fingerprint density at radius 1 is 1.19 bits per heavy atom. The molecule has 1 heterocycles. The monoisotopic (exact) mass is 392 g/mol. The van der Waals surface area contributed by atoms with E-state index in [1.807, 2.05) is 43.6 Å². The highest BCUT2D eigenvalue weighted by atomic mass is 32.1. The SMILES string of the molecule is COc1cc(C)c(C[NH+](C)CC(=O)NC(=O)NCc2cccs2)cc1OC. The van der Waals surface area contributed by atoms with Gasteiger partial charge >= 0.3 is 6.03 Å². The number of amides is 3. The summed E-state index contributed by atoms with van der Waals surface area (Å²) in [5.41, 5.74) is 2.11. The van der Waals surface area contributed by atoms with Gasteiger partial charge in [-0.05, 0) is 36.1 Å². The number of carbonyl (C=O) groups is 2. The zero-order valence-electron chi connectivity index (χ0n) is 16.0. The lowest BCUT2D eigenvalue weighted by Gasteiger charge is -2.17. The number of likely N-dealkylation sites (N-methyl/N-ethyl adjacent to an activating group) is 1. The molecule has 1 atom stereocenters. The summed E-state index contributed by atoms with van der Waals surface area (Å²) in [4.78, 5) is 25.9. The third-order valence-electron chi connectivity index (χ3n) is 4.05. The van der Waals surface area contributed by atoms with Crippen LogP contribution in [0.4, 0.5) is 4.79 Å². The van der Waals surface area contributed by atoms with Crippen LogP contribution in [-0.4, -0.2) is 39.8 Å². The largest absolute Gasteiger partial charge is 0.493 e. The van der Waals surface area contributed by atoms with Crippen molar-refractivity contribution in [2.24, 2.45) is 0 Å². The van der Waals surface area contributed by atoms with Gasteiger partial charge in [0.2, 0.25) is 0 Å².